The number of ether oxygens (including phenoxy) is 1. The summed E-state index contributed by atoms with van der Waals surface area (Å²) in [5.41, 5.74) is 6.14. The summed E-state index contributed by atoms with van der Waals surface area (Å²) in [5.74, 6) is 0.777. The lowest BCUT2D eigenvalue weighted by Crippen LogP contribution is -2.40. The van der Waals surface area contributed by atoms with E-state index in [4.69, 9.17) is 27.9 Å². The molecule has 1 fully saturated rings. The Labute approximate surface area is 248 Å². The van der Waals surface area contributed by atoms with Gasteiger partial charge in [-0.05, 0) is 99.6 Å². The van der Waals surface area contributed by atoms with Crippen LogP contribution in [-0.4, -0.2) is 43.6 Å². The summed E-state index contributed by atoms with van der Waals surface area (Å²) in [6.07, 6.45) is 6.55. The van der Waals surface area contributed by atoms with Gasteiger partial charge in [0.15, 0.2) is 0 Å². The van der Waals surface area contributed by atoms with Crippen LogP contribution in [0.3, 0.4) is 0 Å². The summed E-state index contributed by atoms with van der Waals surface area (Å²) in [6, 6.07) is 22.2. The molecule has 0 radical (unpaired) electrons. The maximum absolute atomic E-state index is 13.5. The van der Waals surface area contributed by atoms with Crippen molar-refractivity contribution in [2.24, 2.45) is 0 Å². The predicted molar refractivity (Wildman–Crippen MR) is 166 cm³/mol. The number of carbonyl (C=O) groups excluding carboxylic acids is 1. The molecule has 6 heteroatoms. The van der Waals surface area contributed by atoms with Gasteiger partial charge < -0.3 is 15.0 Å². The van der Waals surface area contributed by atoms with Crippen LogP contribution in [0.1, 0.15) is 72.5 Å². The third kappa shape index (κ3) is 6.10. The molecular formula is C34H38Cl2N2O2. The number of fused-ring (bicyclic) bond motifs is 2. The monoisotopic (exact) mass is 576 g/mol. The fourth-order valence-corrected chi connectivity index (χ4v) is 6.69. The Morgan fingerprint density at radius 2 is 1.77 bits per heavy atom. The summed E-state index contributed by atoms with van der Waals surface area (Å²) >= 11 is 12.8. The van der Waals surface area contributed by atoms with Gasteiger partial charge in [-0.25, -0.2) is 0 Å². The van der Waals surface area contributed by atoms with Gasteiger partial charge in [-0.2, -0.15) is 0 Å². The largest absolute Gasteiger partial charge is 0.491 e. The van der Waals surface area contributed by atoms with Crippen molar-refractivity contribution in [3.05, 3.63) is 105 Å². The number of nitrogens with one attached hydrogen (secondary N) is 1. The lowest BCUT2D eigenvalue weighted by molar-refractivity contribution is 0.0784. The van der Waals surface area contributed by atoms with Crippen molar-refractivity contribution in [3.63, 3.8) is 0 Å². The molecule has 40 heavy (non-hydrogen) atoms. The first-order valence-corrected chi connectivity index (χ1v) is 15.0. The Morgan fingerprint density at radius 3 is 2.52 bits per heavy atom. The van der Waals surface area contributed by atoms with E-state index in [1.807, 2.05) is 68.3 Å². The van der Waals surface area contributed by atoms with E-state index in [-0.39, 0.29) is 23.3 Å². The molecule has 3 aromatic rings. The minimum atomic E-state index is -0.0263. The van der Waals surface area contributed by atoms with Gasteiger partial charge in [0.2, 0.25) is 0 Å². The maximum Gasteiger partial charge on any atom is 0.253 e. The molecule has 1 atom stereocenters. The third-order valence-corrected chi connectivity index (χ3v) is 9.09. The molecule has 1 spiro atoms. The molecule has 0 aromatic heterocycles. The SMILES string of the molecule is CC(C)Oc1cccc(C(=O)N(C)C[C@@H](CCC2=Cc3ccccc3C23CCNCC3)c2ccc(Cl)c(Cl)c2)c1. The number of hydrogen-bond donors (Lipinski definition) is 1. The molecule has 2 aliphatic rings. The van der Waals surface area contributed by atoms with Crippen molar-refractivity contribution < 1.29 is 9.53 Å². The van der Waals surface area contributed by atoms with Crippen LogP contribution in [0.2, 0.25) is 10.0 Å². The van der Waals surface area contributed by atoms with Gasteiger partial charge in [-0.1, -0.05) is 71.2 Å². The van der Waals surface area contributed by atoms with E-state index in [9.17, 15) is 4.79 Å². The molecular weight excluding hydrogens is 539 g/mol. The van der Waals surface area contributed by atoms with Gasteiger partial charge in [0, 0.05) is 30.5 Å². The second kappa shape index (κ2) is 12.4. The van der Waals surface area contributed by atoms with Crippen LogP contribution in [0.15, 0.2) is 72.3 Å². The van der Waals surface area contributed by atoms with Crippen molar-refractivity contribution >= 4 is 35.2 Å². The third-order valence-electron chi connectivity index (χ3n) is 8.35. The molecule has 1 amide bonds. The lowest BCUT2D eigenvalue weighted by atomic mass is 9.69. The maximum atomic E-state index is 13.5. The quantitative estimate of drug-likeness (QED) is 0.279. The van der Waals surface area contributed by atoms with E-state index < -0.39 is 0 Å². The summed E-state index contributed by atoms with van der Waals surface area (Å²) in [6.45, 7) is 6.59. The van der Waals surface area contributed by atoms with Crippen molar-refractivity contribution in [3.8, 4) is 5.75 Å². The normalized spacial score (nSPS) is 16.5. The van der Waals surface area contributed by atoms with Crippen LogP contribution in [0, 0.1) is 0 Å². The van der Waals surface area contributed by atoms with E-state index in [0.717, 1.165) is 44.3 Å². The van der Waals surface area contributed by atoms with Gasteiger partial charge in [-0.15, -0.1) is 0 Å². The Kier molecular flexibility index (Phi) is 8.89. The number of likely N-dealkylation sites (N-methyl/N-ethyl adjacent to an activating group) is 1. The summed E-state index contributed by atoms with van der Waals surface area (Å²) in [7, 11) is 1.88. The molecule has 1 N–H and O–H groups in total. The molecule has 4 nitrogen and oxygen atoms in total. The van der Waals surface area contributed by atoms with E-state index in [1.165, 1.54) is 16.7 Å². The molecule has 3 aromatic carbocycles. The number of hydrogen-bond acceptors (Lipinski definition) is 3. The molecule has 5 rings (SSSR count). The fraction of sp³-hybridized carbons (Fsp3) is 0.382. The highest BCUT2D eigenvalue weighted by Crippen LogP contribution is 2.50. The number of piperidine rings is 1. The first-order chi connectivity index (χ1) is 19.3. The minimum absolute atomic E-state index is 0.0263. The van der Waals surface area contributed by atoms with Crippen molar-refractivity contribution in [1.29, 1.82) is 0 Å². The molecule has 1 aliphatic heterocycles. The van der Waals surface area contributed by atoms with E-state index in [2.05, 4.69) is 35.7 Å². The second-order valence-corrected chi connectivity index (χ2v) is 12.2. The molecule has 0 saturated carbocycles. The van der Waals surface area contributed by atoms with Gasteiger partial charge in [-0.3, -0.25) is 4.79 Å². The number of benzene rings is 3. The fourth-order valence-electron chi connectivity index (χ4n) is 6.38. The predicted octanol–water partition coefficient (Wildman–Crippen LogP) is 8.14. The highest BCUT2D eigenvalue weighted by molar-refractivity contribution is 6.42. The average Bonchev–Trinajstić information content (AvgIpc) is 3.24. The van der Waals surface area contributed by atoms with Gasteiger partial charge in [0.05, 0.1) is 16.1 Å². The zero-order valence-electron chi connectivity index (χ0n) is 23.6. The minimum Gasteiger partial charge on any atom is -0.491 e. The summed E-state index contributed by atoms with van der Waals surface area (Å²) < 4.78 is 5.83. The molecule has 1 saturated heterocycles. The van der Waals surface area contributed by atoms with E-state index >= 15 is 0 Å². The van der Waals surface area contributed by atoms with E-state index in [0.29, 0.717) is 27.9 Å². The highest BCUT2D eigenvalue weighted by Gasteiger charge is 2.41. The van der Waals surface area contributed by atoms with Gasteiger partial charge >= 0.3 is 0 Å². The summed E-state index contributed by atoms with van der Waals surface area (Å²) in [5, 5.41) is 4.63. The zero-order valence-corrected chi connectivity index (χ0v) is 25.1. The Morgan fingerprint density at radius 1 is 1.00 bits per heavy atom. The Hall–Kier alpha value is -2.79. The number of allylic oxidation sites excluding steroid dienone is 1. The molecule has 1 heterocycles. The van der Waals surface area contributed by atoms with Crippen LogP contribution < -0.4 is 10.1 Å². The molecule has 1 aliphatic carbocycles. The standard InChI is InChI=1S/C34H38Cl2N2O2/c1-23(2)40-29-9-6-8-26(20-29)33(39)38(3)22-27(24-12-14-31(35)32(36)21-24)11-13-28-19-25-7-4-5-10-30(25)34(28)15-17-37-18-16-34/h4-10,12,14,19-21,23,27,37H,11,13,15-18,22H2,1-3H3/t27-/m1/s1. The molecule has 210 valence electrons. The summed E-state index contributed by atoms with van der Waals surface area (Å²) in [4.78, 5) is 15.3. The van der Waals surface area contributed by atoms with Crippen LogP contribution >= 0.6 is 23.2 Å². The first-order valence-electron chi connectivity index (χ1n) is 14.3. The zero-order chi connectivity index (χ0) is 28.3. The first kappa shape index (κ1) is 28.7. The smallest absolute Gasteiger partial charge is 0.253 e. The average molecular weight is 578 g/mol. The number of halogens is 2. The Balaban J connectivity index is 1.38. The van der Waals surface area contributed by atoms with Gasteiger partial charge in [0.25, 0.3) is 5.91 Å². The topological polar surface area (TPSA) is 41.6 Å². The number of amides is 1. The van der Waals surface area contributed by atoms with Crippen LogP contribution in [0.25, 0.3) is 6.08 Å². The Bertz CT molecular complexity index is 1390. The van der Waals surface area contributed by atoms with Gasteiger partial charge in [0.1, 0.15) is 5.75 Å². The van der Waals surface area contributed by atoms with Crippen LogP contribution in [0.5, 0.6) is 5.75 Å². The lowest BCUT2D eigenvalue weighted by Gasteiger charge is -2.38. The number of nitrogens with zero attached hydrogens (tertiary/aromatic N) is 1. The second-order valence-electron chi connectivity index (χ2n) is 11.4. The van der Waals surface area contributed by atoms with Crippen molar-refractivity contribution in [2.75, 3.05) is 26.7 Å². The number of carbonyl (C=O) groups is 1. The van der Waals surface area contributed by atoms with Crippen molar-refractivity contribution in [2.45, 2.75) is 57.0 Å². The molecule has 0 unspecified atom stereocenters. The van der Waals surface area contributed by atoms with E-state index in [1.54, 1.807) is 0 Å². The van der Waals surface area contributed by atoms with Crippen LogP contribution in [-0.2, 0) is 5.41 Å². The van der Waals surface area contributed by atoms with Crippen LogP contribution in [0.4, 0.5) is 0 Å². The number of rotatable bonds is 9. The highest BCUT2D eigenvalue weighted by atomic mass is 35.5. The molecule has 0 bridgehead atoms. The van der Waals surface area contributed by atoms with Crippen molar-refractivity contribution in [1.82, 2.24) is 10.2 Å².